The van der Waals surface area contributed by atoms with E-state index in [1.165, 1.54) is 5.41 Å². The van der Waals surface area contributed by atoms with E-state index in [9.17, 15) is 8.42 Å². The fraction of sp³-hybridized carbons (Fsp3) is 0.778. The minimum absolute atomic E-state index is 0.0332. The Hall–Kier alpha value is -0.390. The van der Waals surface area contributed by atoms with Crippen LogP contribution in [-0.2, 0) is 14.6 Å². The fourth-order valence-corrected chi connectivity index (χ4v) is 3.15. The molecule has 3 atom stereocenters. The van der Waals surface area contributed by atoms with Gasteiger partial charge in [0, 0.05) is 24.1 Å². The lowest BCUT2D eigenvalue weighted by molar-refractivity contribution is 0.112. The van der Waals surface area contributed by atoms with Crippen LogP contribution in [-0.4, -0.2) is 39.0 Å². The third-order valence-corrected chi connectivity index (χ3v) is 4.13. The zero-order valence-electron chi connectivity index (χ0n) is 8.14. The third kappa shape index (κ3) is 2.16. The Morgan fingerprint density at radius 2 is 2.29 bits per heavy atom. The van der Waals surface area contributed by atoms with Crippen LogP contribution >= 0.6 is 0 Å². The van der Waals surface area contributed by atoms with Crippen molar-refractivity contribution in [1.82, 2.24) is 5.32 Å². The molecule has 0 aromatic rings. The van der Waals surface area contributed by atoms with Crippen LogP contribution in [0.15, 0.2) is 11.5 Å². The molecule has 0 radical (unpaired) electrons. The number of ether oxygens (including phenoxy) is 1. The van der Waals surface area contributed by atoms with Gasteiger partial charge in [0.1, 0.15) is 0 Å². The molecule has 0 amide bonds. The molecule has 0 aliphatic carbocycles. The largest absolute Gasteiger partial charge is 0.377 e. The maximum atomic E-state index is 11.1. The maximum Gasteiger partial charge on any atom is 0.173 e. The van der Waals surface area contributed by atoms with Crippen molar-refractivity contribution in [2.24, 2.45) is 0 Å². The minimum Gasteiger partial charge on any atom is -0.377 e. The van der Waals surface area contributed by atoms with E-state index in [2.05, 4.69) is 5.32 Å². The standard InChI is InChI=1S/C9H15NO3S/c1-7-9(2-4-13-7)10-8-3-5-14(11,12)6-8/h3,5,7-10H,2,4,6H2,1H3. The molecule has 1 N–H and O–H groups in total. The Kier molecular flexibility index (Phi) is 2.64. The summed E-state index contributed by atoms with van der Waals surface area (Å²) >= 11 is 0. The Morgan fingerprint density at radius 3 is 2.79 bits per heavy atom. The molecule has 4 nitrogen and oxygen atoms in total. The molecule has 1 fully saturated rings. The van der Waals surface area contributed by atoms with Gasteiger partial charge in [0.05, 0.1) is 11.9 Å². The molecule has 3 unspecified atom stereocenters. The van der Waals surface area contributed by atoms with Gasteiger partial charge in [-0.2, -0.15) is 0 Å². The van der Waals surface area contributed by atoms with E-state index in [0.717, 1.165) is 13.0 Å². The summed E-state index contributed by atoms with van der Waals surface area (Å²) in [7, 11) is -2.94. The number of hydrogen-bond acceptors (Lipinski definition) is 4. The van der Waals surface area contributed by atoms with Crippen LogP contribution in [0, 0.1) is 0 Å². The van der Waals surface area contributed by atoms with E-state index >= 15 is 0 Å². The van der Waals surface area contributed by atoms with Crippen LogP contribution in [0.1, 0.15) is 13.3 Å². The molecular formula is C9H15NO3S. The van der Waals surface area contributed by atoms with E-state index in [1.807, 2.05) is 6.92 Å². The molecular weight excluding hydrogens is 202 g/mol. The summed E-state index contributed by atoms with van der Waals surface area (Å²) in [6.45, 7) is 2.78. The Morgan fingerprint density at radius 1 is 1.50 bits per heavy atom. The van der Waals surface area contributed by atoms with Crippen molar-refractivity contribution in [3.05, 3.63) is 11.5 Å². The van der Waals surface area contributed by atoms with Gasteiger partial charge in [-0.3, -0.25) is 0 Å². The Bertz CT molecular complexity index is 336. The van der Waals surface area contributed by atoms with Gasteiger partial charge in [-0.15, -0.1) is 0 Å². The quantitative estimate of drug-likeness (QED) is 0.711. The highest BCUT2D eigenvalue weighted by molar-refractivity contribution is 7.94. The van der Waals surface area contributed by atoms with Gasteiger partial charge in [-0.05, 0) is 13.3 Å². The van der Waals surface area contributed by atoms with Crippen LogP contribution in [0.2, 0.25) is 0 Å². The number of hydrogen-bond donors (Lipinski definition) is 1. The van der Waals surface area contributed by atoms with Crippen LogP contribution in [0.5, 0.6) is 0 Å². The second-order valence-electron chi connectivity index (χ2n) is 3.90. The van der Waals surface area contributed by atoms with E-state index in [1.54, 1.807) is 6.08 Å². The van der Waals surface area contributed by atoms with Crippen molar-refractivity contribution in [2.75, 3.05) is 12.4 Å². The second-order valence-corrected chi connectivity index (χ2v) is 5.83. The highest BCUT2D eigenvalue weighted by Gasteiger charge is 2.29. The Balaban J connectivity index is 1.91. The van der Waals surface area contributed by atoms with Crippen LogP contribution in [0.3, 0.4) is 0 Å². The first-order valence-electron chi connectivity index (χ1n) is 4.85. The smallest absolute Gasteiger partial charge is 0.173 e. The van der Waals surface area contributed by atoms with Crippen molar-refractivity contribution in [3.8, 4) is 0 Å². The molecule has 2 aliphatic heterocycles. The Labute approximate surface area is 84.2 Å². The van der Waals surface area contributed by atoms with Crippen molar-refractivity contribution < 1.29 is 13.2 Å². The lowest BCUT2D eigenvalue weighted by Crippen LogP contribution is -2.42. The zero-order valence-corrected chi connectivity index (χ0v) is 8.96. The van der Waals surface area contributed by atoms with Crippen LogP contribution in [0.4, 0.5) is 0 Å². The van der Waals surface area contributed by atoms with Gasteiger partial charge in [-0.25, -0.2) is 8.42 Å². The predicted molar refractivity (Wildman–Crippen MR) is 53.7 cm³/mol. The monoisotopic (exact) mass is 217 g/mol. The first-order valence-corrected chi connectivity index (χ1v) is 6.57. The molecule has 14 heavy (non-hydrogen) atoms. The van der Waals surface area contributed by atoms with E-state index in [4.69, 9.17) is 4.74 Å². The van der Waals surface area contributed by atoms with E-state index < -0.39 is 9.84 Å². The topological polar surface area (TPSA) is 55.4 Å². The van der Waals surface area contributed by atoms with Gasteiger partial charge in [0.25, 0.3) is 0 Å². The van der Waals surface area contributed by atoms with Crippen molar-refractivity contribution in [2.45, 2.75) is 31.5 Å². The predicted octanol–water partition coefficient (Wildman–Crippen LogP) is 0.0641. The summed E-state index contributed by atoms with van der Waals surface area (Å²) in [5.74, 6) is 0.191. The highest BCUT2D eigenvalue weighted by atomic mass is 32.2. The molecule has 0 aromatic heterocycles. The summed E-state index contributed by atoms with van der Waals surface area (Å²) < 4.78 is 27.7. The van der Waals surface area contributed by atoms with Crippen molar-refractivity contribution in [1.29, 1.82) is 0 Å². The van der Waals surface area contributed by atoms with Crippen LogP contribution < -0.4 is 5.32 Å². The summed E-state index contributed by atoms with van der Waals surface area (Å²) in [5.41, 5.74) is 0. The molecule has 2 heterocycles. The third-order valence-electron chi connectivity index (χ3n) is 2.73. The molecule has 2 rings (SSSR count). The molecule has 5 heteroatoms. The second kappa shape index (κ2) is 3.64. The summed E-state index contributed by atoms with van der Waals surface area (Å²) in [6.07, 6.45) is 2.87. The first-order chi connectivity index (χ1) is 6.57. The SMILES string of the molecule is CC1OCCC1NC1C=CS(=O)(=O)C1. The lowest BCUT2D eigenvalue weighted by Gasteiger charge is -2.19. The summed E-state index contributed by atoms with van der Waals surface area (Å²) in [5, 5.41) is 4.59. The molecule has 0 saturated carbocycles. The molecule has 0 aromatic carbocycles. The molecule has 80 valence electrons. The number of rotatable bonds is 2. The molecule has 0 spiro atoms. The zero-order chi connectivity index (χ0) is 10.2. The van der Waals surface area contributed by atoms with Gasteiger partial charge < -0.3 is 10.1 Å². The van der Waals surface area contributed by atoms with Gasteiger partial charge >= 0.3 is 0 Å². The molecule has 0 bridgehead atoms. The van der Waals surface area contributed by atoms with Gasteiger partial charge in [-0.1, -0.05) is 6.08 Å². The normalized spacial score (nSPS) is 40.5. The first kappa shape index (κ1) is 10.1. The average molecular weight is 217 g/mol. The minimum atomic E-state index is -2.94. The number of nitrogens with one attached hydrogen (secondary N) is 1. The highest BCUT2D eigenvalue weighted by Crippen LogP contribution is 2.16. The summed E-state index contributed by atoms with van der Waals surface area (Å²) in [6, 6.07) is 0.257. The maximum absolute atomic E-state index is 11.1. The van der Waals surface area contributed by atoms with Crippen molar-refractivity contribution in [3.63, 3.8) is 0 Å². The van der Waals surface area contributed by atoms with Gasteiger partial charge in [0.2, 0.25) is 0 Å². The van der Waals surface area contributed by atoms with Gasteiger partial charge in [0.15, 0.2) is 9.84 Å². The molecule has 1 saturated heterocycles. The van der Waals surface area contributed by atoms with E-state index in [-0.39, 0.29) is 23.9 Å². The number of sulfone groups is 1. The summed E-state index contributed by atoms with van der Waals surface area (Å²) in [4.78, 5) is 0. The lowest BCUT2D eigenvalue weighted by atomic mass is 10.1. The molecule has 2 aliphatic rings. The van der Waals surface area contributed by atoms with E-state index in [0.29, 0.717) is 0 Å². The van der Waals surface area contributed by atoms with Crippen LogP contribution in [0.25, 0.3) is 0 Å². The fourth-order valence-electron chi connectivity index (χ4n) is 1.91. The average Bonchev–Trinajstić information content (AvgIpc) is 2.61. The van der Waals surface area contributed by atoms with Crippen molar-refractivity contribution >= 4 is 9.84 Å².